The van der Waals surface area contributed by atoms with Crippen LogP contribution >= 0.6 is 23.8 Å². The van der Waals surface area contributed by atoms with Crippen LogP contribution in [0.25, 0.3) is 11.0 Å². The van der Waals surface area contributed by atoms with Crippen LogP contribution in [0.15, 0.2) is 18.2 Å². The van der Waals surface area contributed by atoms with E-state index in [0.29, 0.717) is 5.92 Å². The van der Waals surface area contributed by atoms with Crippen LogP contribution in [0.1, 0.15) is 19.8 Å². The lowest BCUT2D eigenvalue weighted by Gasteiger charge is -2.11. The molecule has 1 saturated carbocycles. The number of nitrogens with one attached hydrogen (secondary N) is 1. The lowest BCUT2D eigenvalue weighted by molar-refractivity contribution is 0.434. The SMILES string of the molecule is CC(Cn1c(=S)[nH]c2ccc(Cl)cc21)C1CC1. The molecule has 2 nitrogen and oxygen atoms in total. The van der Waals surface area contributed by atoms with Gasteiger partial charge in [0, 0.05) is 11.6 Å². The topological polar surface area (TPSA) is 20.7 Å². The Morgan fingerprint density at radius 2 is 2.29 bits per heavy atom. The van der Waals surface area contributed by atoms with Crippen LogP contribution < -0.4 is 0 Å². The van der Waals surface area contributed by atoms with E-state index >= 15 is 0 Å². The minimum atomic E-state index is 0.694. The molecular formula is C13H15ClN2S. The maximum absolute atomic E-state index is 6.05. The summed E-state index contributed by atoms with van der Waals surface area (Å²) >= 11 is 11.4. The van der Waals surface area contributed by atoms with Gasteiger partial charge in [-0.25, -0.2) is 0 Å². The fourth-order valence-electron chi connectivity index (χ4n) is 2.41. The van der Waals surface area contributed by atoms with E-state index in [-0.39, 0.29) is 0 Å². The highest BCUT2D eigenvalue weighted by Crippen LogP contribution is 2.37. The van der Waals surface area contributed by atoms with Gasteiger partial charge in [-0.05, 0) is 55.1 Å². The number of hydrogen-bond donors (Lipinski definition) is 1. The van der Waals surface area contributed by atoms with Gasteiger partial charge in [-0.3, -0.25) is 0 Å². The van der Waals surface area contributed by atoms with Gasteiger partial charge in [-0.15, -0.1) is 0 Å². The van der Waals surface area contributed by atoms with Crippen molar-refractivity contribution in [3.8, 4) is 0 Å². The molecule has 0 aliphatic heterocycles. The molecule has 1 heterocycles. The Labute approximate surface area is 111 Å². The van der Waals surface area contributed by atoms with E-state index in [9.17, 15) is 0 Å². The summed E-state index contributed by atoms with van der Waals surface area (Å²) < 4.78 is 2.98. The number of benzene rings is 1. The maximum atomic E-state index is 6.05. The maximum Gasteiger partial charge on any atom is 0.178 e. The Balaban J connectivity index is 2.04. The molecule has 1 unspecified atom stereocenters. The first-order valence-electron chi connectivity index (χ1n) is 6.03. The van der Waals surface area contributed by atoms with Crippen LogP contribution in [0, 0.1) is 16.6 Å². The lowest BCUT2D eigenvalue weighted by Crippen LogP contribution is -2.09. The predicted molar refractivity (Wildman–Crippen MR) is 74.0 cm³/mol. The molecule has 1 aliphatic carbocycles. The third kappa shape index (κ3) is 2.14. The molecule has 4 heteroatoms. The molecule has 90 valence electrons. The Morgan fingerprint density at radius 3 is 3.00 bits per heavy atom. The first-order chi connectivity index (χ1) is 8.15. The van der Waals surface area contributed by atoms with E-state index in [0.717, 1.165) is 33.3 Å². The summed E-state index contributed by atoms with van der Waals surface area (Å²) in [5.41, 5.74) is 2.19. The average Bonchev–Trinajstić information content (AvgIpc) is 3.08. The fourth-order valence-corrected chi connectivity index (χ4v) is 2.86. The van der Waals surface area contributed by atoms with Crippen LogP contribution in [0.2, 0.25) is 5.02 Å². The Hall–Kier alpha value is -0.800. The third-order valence-electron chi connectivity index (χ3n) is 3.63. The summed E-state index contributed by atoms with van der Waals surface area (Å²) in [6.45, 7) is 3.30. The van der Waals surface area contributed by atoms with Crippen molar-refractivity contribution in [3.05, 3.63) is 28.0 Å². The van der Waals surface area contributed by atoms with Crippen molar-refractivity contribution in [3.63, 3.8) is 0 Å². The molecule has 2 aromatic rings. The molecule has 1 aromatic carbocycles. The molecule has 17 heavy (non-hydrogen) atoms. The smallest absolute Gasteiger partial charge is 0.178 e. The number of aromatic nitrogens is 2. The van der Waals surface area contributed by atoms with Gasteiger partial charge in [0.2, 0.25) is 0 Å². The normalized spacial score (nSPS) is 17.5. The lowest BCUT2D eigenvalue weighted by atomic mass is 10.1. The number of imidazole rings is 1. The van der Waals surface area contributed by atoms with Crippen LogP contribution in [-0.4, -0.2) is 9.55 Å². The van der Waals surface area contributed by atoms with E-state index in [4.69, 9.17) is 23.8 Å². The zero-order chi connectivity index (χ0) is 12.0. The van der Waals surface area contributed by atoms with Crippen molar-refractivity contribution in [2.24, 2.45) is 11.8 Å². The summed E-state index contributed by atoms with van der Waals surface area (Å²) in [5, 5.41) is 0.763. The first-order valence-corrected chi connectivity index (χ1v) is 6.82. The van der Waals surface area contributed by atoms with Gasteiger partial charge in [0.15, 0.2) is 4.77 Å². The van der Waals surface area contributed by atoms with Gasteiger partial charge in [0.1, 0.15) is 0 Å². The molecule has 0 amide bonds. The zero-order valence-electron chi connectivity index (χ0n) is 9.74. The van der Waals surface area contributed by atoms with Crippen LogP contribution in [0.3, 0.4) is 0 Å². The average molecular weight is 267 g/mol. The van der Waals surface area contributed by atoms with E-state index in [2.05, 4.69) is 16.5 Å². The number of nitrogens with zero attached hydrogens (tertiary/aromatic N) is 1. The highest BCUT2D eigenvalue weighted by molar-refractivity contribution is 7.71. The van der Waals surface area contributed by atoms with Crippen molar-refractivity contribution in [1.29, 1.82) is 0 Å². The summed E-state index contributed by atoms with van der Waals surface area (Å²) in [7, 11) is 0. The van der Waals surface area contributed by atoms with Gasteiger partial charge in [-0.2, -0.15) is 0 Å². The summed E-state index contributed by atoms with van der Waals surface area (Å²) in [4.78, 5) is 3.24. The number of rotatable bonds is 3. The van der Waals surface area contributed by atoms with Crippen molar-refractivity contribution >= 4 is 34.9 Å². The molecule has 1 fully saturated rings. The Bertz CT molecular complexity index is 609. The van der Waals surface area contributed by atoms with Crippen molar-refractivity contribution in [1.82, 2.24) is 9.55 Å². The quantitative estimate of drug-likeness (QED) is 0.817. The number of hydrogen-bond acceptors (Lipinski definition) is 1. The molecule has 0 spiro atoms. The van der Waals surface area contributed by atoms with Gasteiger partial charge >= 0.3 is 0 Å². The molecular weight excluding hydrogens is 252 g/mol. The van der Waals surface area contributed by atoms with Gasteiger partial charge < -0.3 is 9.55 Å². The van der Waals surface area contributed by atoms with Crippen LogP contribution in [0.5, 0.6) is 0 Å². The van der Waals surface area contributed by atoms with E-state index in [1.807, 2.05) is 18.2 Å². The Kier molecular flexibility index (Phi) is 2.75. The fraction of sp³-hybridized carbons (Fsp3) is 0.462. The molecule has 1 atom stereocenters. The monoisotopic (exact) mass is 266 g/mol. The second-order valence-corrected chi connectivity index (χ2v) is 5.84. The van der Waals surface area contributed by atoms with Crippen molar-refractivity contribution < 1.29 is 0 Å². The predicted octanol–water partition coefficient (Wildman–Crippen LogP) is 4.40. The van der Waals surface area contributed by atoms with Crippen LogP contribution in [0.4, 0.5) is 0 Å². The van der Waals surface area contributed by atoms with E-state index in [1.165, 1.54) is 12.8 Å². The molecule has 0 bridgehead atoms. The van der Waals surface area contributed by atoms with Gasteiger partial charge in [0.05, 0.1) is 11.0 Å². The molecule has 1 aromatic heterocycles. The zero-order valence-corrected chi connectivity index (χ0v) is 11.3. The first kappa shape index (κ1) is 11.3. The van der Waals surface area contributed by atoms with E-state index < -0.39 is 0 Å². The van der Waals surface area contributed by atoms with Gasteiger partial charge in [0.25, 0.3) is 0 Å². The van der Waals surface area contributed by atoms with Gasteiger partial charge in [-0.1, -0.05) is 18.5 Å². The molecule has 1 N–H and O–H groups in total. The van der Waals surface area contributed by atoms with Crippen LogP contribution in [-0.2, 0) is 6.54 Å². The third-order valence-corrected chi connectivity index (χ3v) is 4.19. The highest BCUT2D eigenvalue weighted by Gasteiger charge is 2.28. The number of halogens is 1. The number of aromatic amines is 1. The summed E-state index contributed by atoms with van der Waals surface area (Å²) in [5.74, 6) is 1.58. The Morgan fingerprint density at radius 1 is 1.53 bits per heavy atom. The minimum Gasteiger partial charge on any atom is -0.331 e. The standard InChI is InChI=1S/C13H15ClN2S/c1-8(9-2-3-9)7-16-12-6-10(14)4-5-11(12)15-13(16)17/h4-6,8-9H,2-3,7H2,1H3,(H,15,17). The highest BCUT2D eigenvalue weighted by atomic mass is 35.5. The van der Waals surface area contributed by atoms with Crippen molar-refractivity contribution in [2.75, 3.05) is 0 Å². The minimum absolute atomic E-state index is 0.694. The number of fused-ring (bicyclic) bond motifs is 1. The van der Waals surface area contributed by atoms with E-state index in [1.54, 1.807) is 0 Å². The summed E-state index contributed by atoms with van der Waals surface area (Å²) in [6, 6.07) is 5.87. The molecule has 0 radical (unpaired) electrons. The summed E-state index contributed by atoms with van der Waals surface area (Å²) in [6.07, 6.45) is 2.75. The second kappa shape index (κ2) is 4.14. The largest absolute Gasteiger partial charge is 0.331 e. The molecule has 1 aliphatic rings. The second-order valence-electron chi connectivity index (χ2n) is 5.02. The number of H-pyrrole nitrogens is 1. The molecule has 0 saturated heterocycles. The molecule has 3 rings (SSSR count). The van der Waals surface area contributed by atoms with Crippen molar-refractivity contribution in [2.45, 2.75) is 26.3 Å².